The number of hydrogen-bond acceptors (Lipinski definition) is 3. The lowest BCUT2D eigenvalue weighted by molar-refractivity contribution is -0.384. The molecule has 1 N–H and O–H groups in total. The van der Waals surface area contributed by atoms with Crippen molar-refractivity contribution in [2.75, 3.05) is 6.54 Å². The maximum absolute atomic E-state index is 11.6. The summed E-state index contributed by atoms with van der Waals surface area (Å²) in [7, 11) is 0. The summed E-state index contributed by atoms with van der Waals surface area (Å²) in [6, 6.07) is 5.98. The van der Waals surface area contributed by atoms with Crippen molar-refractivity contribution in [3.05, 3.63) is 52.6 Å². The van der Waals surface area contributed by atoms with Crippen molar-refractivity contribution in [1.82, 2.24) is 5.32 Å². The fourth-order valence-corrected chi connectivity index (χ4v) is 1.36. The second-order valence-corrected chi connectivity index (χ2v) is 3.60. The SMILES string of the molecule is C=CCNC(=O)C(C)c1ccc([N+](=O)[O-])cc1. The highest BCUT2D eigenvalue weighted by Gasteiger charge is 2.15. The average Bonchev–Trinajstić information content (AvgIpc) is 2.35. The van der Waals surface area contributed by atoms with Crippen LogP contribution < -0.4 is 5.32 Å². The standard InChI is InChI=1S/C12H14N2O3/c1-3-8-13-12(15)9(2)10-4-6-11(7-5-10)14(16)17/h3-7,9H,1,8H2,2H3,(H,13,15). The second kappa shape index (κ2) is 5.79. The Morgan fingerprint density at radius 1 is 1.53 bits per heavy atom. The molecular formula is C12H14N2O3. The van der Waals surface area contributed by atoms with E-state index in [0.717, 1.165) is 5.56 Å². The van der Waals surface area contributed by atoms with E-state index in [-0.39, 0.29) is 17.5 Å². The van der Waals surface area contributed by atoms with Crippen LogP contribution in [0.2, 0.25) is 0 Å². The number of nitro groups is 1. The number of amides is 1. The maximum atomic E-state index is 11.6. The number of benzene rings is 1. The van der Waals surface area contributed by atoms with Crippen LogP contribution in [0.15, 0.2) is 36.9 Å². The average molecular weight is 234 g/mol. The van der Waals surface area contributed by atoms with Gasteiger partial charge < -0.3 is 5.32 Å². The predicted molar refractivity (Wildman–Crippen MR) is 64.7 cm³/mol. The largest absolute Gasteiger partial charge is 0.352 e. The summed E-state index contributed by atoms with van der Waals surface area (Å²) in [6.45, 7) is 5.67. The molecule has 1 unspecified atom stereocenters. The Hall–Kier alpha value is -2.17. The van der Waals surface area contributed by atoms with Gasteiger partial charge in [0.1, 0.15) is 0 Å². The molecule has 0 aliphatic heterocycles. The van der Waals surface area contributed by atoms with E-state index in [2.05, 4.69) is 11.9 Å². The molecule has 0 fully saturated rings. The molecule has 0 saturated carbocycles. The number of hydrogen-bond donors (Lipinski definition) is 1. The third-order valence-corrected chi connectivity index (χ3v) is 2.42. The van der Waals surface area contributed by atoms with Gasteiger partial charge in [-0.05, 0) is 12.5 Å². The van der Waals surface area contributed by atoms with E-state index >= 15 is 0 Å². The van der Waals surface area contributed by atoms with E-state index in [1.165, 1.54) is 12.1 Å². The van der Waals surface area contributed by atoms with Gasteiger partial charge in [-0.3, -0.25) is 14.9 Å². The fraction of sp³-hybridized carbons (Fsp3) is 0.250. The van der Waals surface area contributed by atoms with Crippen molar-refractivity contribution in [3.8, 4) is 0 Å². The molecule has 1 aromatic carbocycles. The summed E-state index contributed by atoms with van der Waals surface area (Å²) in [4.78, 5) is 21.6. The van der Waals surface area contributed by atoms with Crippen molar-refractivity contribution in [3.63, 3.8) is 0 Å². The number of non-ortho nitro benzene ring substituents is 1. The first-order chi connectivity index (χ1) is 8.06. The van der Waals surface area contributed by atoms with Gasteiger partial charge in [0, 0.05) is 18.7 Å². The Labute approximate surface area is 99.3 Å². The van der Waals surface area contributed by atoms with Crippen LogP contribution in [0.4, 0.5) is 5.69 Å². The number of carbonyl (C=O) groups excluding carboxylic acids is 1. The summed E-state index contributed by atoms with van der Waals surface area (Å²) in [5.74, 6) is -0.463. The smallest absolute Gasteiger partial charge is 0.269 e. The van der Waals surface area contributed by atoms with Crippen molar-refractivity contribution in [1.29, 1.82) is 0 Å². The molecule has 1 amide bonds. The van der Waals surface area contributed by atoms with Gasteiger partial charge in [-0.1, -0.05) is 18.2 Å². The third-order valence-electron chi connectivity index (χ3n) is 2.42. The lowest BCUT2D eigenvalue weighted by atomic mass is 10.0. The molecule has 5 heteroatoms. The van der Waals surface area contributed by atoms with Crippen LogP contribution in [-0.2, 0) is 4.79 Å². The molecule has 0 aliphatic carbocycles. The van der Waals surface area contributed by atoms with E-state index < -0.39 is 4.92 Å². The molecule has 0 radical (unpaired) electrons. The number of nitro benzene ring substituents is 1. The topological polar surface area (TPSA) is 72.2 Å². The molecule has 0 spiro atoms. The molecule has 1 aromatic rings. The highest BCUT2D eigenvalue weighted by molar-refractivity contribution is 5.83. The third kappa shape index (κ3) is 3.41. The van der Waals surface area contributed by atoms with E-state index in [0.29, 0.717) is 6.54 Å². The van der Waals surface area contributed by atoms with Gasteiger partial charge in [0.05, 0.1) is 10.8 Å². The minimum Gasteiger partial charge on any atom is -0.352 e. The van der Waals surface area contributed by atoms with Gasteiger partial charge in [0.25, 0.3) is 5.69 Å². The highest BCUT2D eigenvalue weighted by Crippen LogP contribution is 2.19. The first kappa shape index (κ1) is 12.9. The van der Waals surface area contributed by atoms with Crippen LogP contribution in [0.5, 0.6) is 0 Å². The number of carbonyl (C=O) groups is 1. The Morgan fingerprint density at radius 3 is 2.59 bits per heavy atom. The van der Waals surface area contributed by atoms with Crippen LogP contribution in [0.25, 0.3) is 0 Å². The monoisotopic (exact) mass is 234 g/mol. The predicted octanol–water partition coefficient (Wildman–Crippen LogP) is 2.00. The fourth-order valence-electron chi connectivity index (χ4n) is 1.36. The Kier molecular flexibility index (Phi) is 4.39. The van der Waals surface area contributed by atoms with Crippen molar-refractivity contribution in [2.24, 2.45) is 0 Å². The molecule has 1 rings (SSSR count). The summed E-state index contributed by atoms with van der Waals surface area (Å²) in [5, 5.41) is 13.1. The summed E-state index contributed by atoms with van der Waals surface area (Å²) in [6.07, 6.45) is 1.60. The van der Waals surface area contributed by atoms with Gasteiger partial charge in [-0.15, -0.1) is 6.58 Å². The molecular weight excluding hydrogens is 220 g/mol. The maximum Gasteiger partial charge on any atom is 0.269 e. The Bertz CT molecular complexity index is 426. The van der Waals surface area contributed by atoms with E-state index in [4.69, 9.17) is 0 Å². The van der Waals surface area contributed by atoms with E-state index in [9.17, 15) is 14.9 Å². The van der Waals surface area contributed by atoms with Crippen molar-refractivity contribution in [2.45, 2.75) is 12.8 Å². The Morgan fingerprint density at radius 2 is 2.12 bits per heavy atom. The first-order valence-corrected chi connectivity index (χ1v) is 5.19. The number of rotatable bonds is 5. The molecule has 17 heavy (non-hydrogen) atoms. The minimum absolute atomic E-state index is 0.0208. The molecule has 0 heterocycles. The van der Waals surface area contributed by atoms with Crippen LogP contribution in [-0.4, -0.2) is 17.4 Å². The van der Waals surface area contributed by atoms with Gasteiger partial charge in [0.2, 0.25) is 5.91 Å². The molecule has 90 valence electrons. The second-order valence-electron chi connectivity index (χ2n) is 3.60. The quantitative estimate of drug-likeness (QED) is 0.481. The zero-order chi connectivity index (χ0) is 12.8. The summed E-state index contributed by atoms with van der Waals surface area (Å²) < 4.78 is 0. The van der Waals surface area contributed by atoms with Crippen LogP contribution in [0, 0.1) is 10.1 Å². The normalized spacial score (nSPS) is 11.6. The zero-order valence-electron chi connectivity index (χ0n) is 9.55. The molecule has 5 nitrogen and oxygen atoms in total. The lowest BCUT2D eigenvalue weighted by Crippen LogP contribution is -2.27. The summed E-state index contributed by atoms with van der Waals surface area (Å²) in [5.41, 5.74) is 0.768. The Balaban J connectivity index is 2.75. The van der Waals surface area contributed by atoms with Gasteiger partial charge in [0.15, 0.2) is 0 Å². The lowest BCUT2D eigenvalue weighted by Gasteiger charge is -2.11. The van der Waals surface area contributed by atoms with Gasteiger partial charge in [-0.25, -0.2) is 0 Å². The molecule has 0 bridgehead atoms. The number of nitrogens with one attached hydrogen (secondary N) is 1. The number of nitrogens with zero attached hydrogens (tertiary/aromatic N) is 1. The zero-order valence-corrected chi connectivity index (χ0v) is 9.55. The van der Waals surface area contributed by atoms with Crippen molar-refractivity contribution >= 4 is 11.6 Å². The van der Waals surface area contributed by atoms with Crippen LogP contribution in [0.1, 0.15) is 18.4 Å². The van der Waals surface area contributed by atoms with Gasteiger partial charge >= 0.3 is 0 Å². The first-order valence-electron chi connectivity index (χ1n) is 5.19. The van der Waals surface area contributed by atoms with Crippen LogP contribution >= 0.6 is 0 Å². The van der Waals surface area contributed by atoms with E-state index in [1.54, 1.807) is 25.1 Å². The summed E-state index contributed by atoms with van der Waals surface area (Å²) >= 11 is 0. The van der Waals surface area contributed by atoms with Crippen LogP contribution in [0.3, 0.4) is 0 Å². The molecule has 0 saturated heterocycles. The highest BCUT2D eigenvalue weighted by atomic mass is 16.6. The van der Waals surface area contributed by atoms with Gasteiger partial charge in [-0.2, -0.15) is 0 Å². The minimum atomic E-state index is -0.466. The van der Waals surface area contributed by atoms with E-state index in [1.807, 2.05) is 0 Å². The molecule has 0 aromatic heterocycles. The molecule has 1 atom stereocenters. The van der Waals surface area contributed by atoms with Crippen molar-refractivity contribution < 1.29 is 9.72 Å². The molecule has 0 aliphatic rings.